The fourth-order valence-electron chi connectivity index (χ4n) is 2.66. The van der Waals surface area contributed by atoms with Crippen LogP contribution in [0.2, 0.25) is 0 Å². The molecule has 0 spiro atoms. The molecule has 0 aromatic carbocycles. The third-order valence-corrected chi connectivity index (χ3v) is 3.88. The summed E-state index contributed by atoms with van der Waals surface area (Å²) in [5.74, 6) is 1.98. The predicted octanol–water partition coefficient (Wildman–Crippen LogP) is 3.20. The van der Waals surface area contributed by atoms with E-state index in [1.807, 2.05) is 42.3 Å². The average molecular weight is 343 g/mol. The van der Waals surface area contributed by atoms with E-state index in [-0.39, 0.29) is 0 Å². The van der Waals surface area contributed by atoms with Gasteiger partial charge in [-0.05, 0) is 25.0 Å². The van der Waals surface area contributed by atoms with E-state index < -0.39 is 0 Å². The molecule has 25 heavy (non-hydrogen) atoms. The van der Waals surface area contributed by atoms with Gasteiger partial charge in [0.25, 0.3) is 0 Å². The highest BCUT2D eigenvalue weighted by Gasteiger charge is 2.09. The van der Waals surface area contributed by atoms with E-state index in [0.29, 0.717) is 18.3 Å². The molecule has 0 unspecified atom stereocenters. The molecular weight excluding hydrogens is 314 g/mol. The van der Waals surface area contributed by atoms with Gasteiger partial charge in [0.2, 0.25) is 5.88 Å². The number of nitrogens with two attached hydrogens (primary N) is 1. The van der Waals surface area contributed by atoms with Gasteiger partial charge in [0.05, 0.1) is 6.54 Å². The van der Waals surface area contributed by atoms with E-state index in [1.165, 1.54) is 0 Å². The van der Waals surface area contributed by atoms with E-state index in [2.05, 4.69) is 28.7 Å². The molecule has 136 valence electrons. The highest BCUT2D eigenvalue weighted by atomic mass is 16.5. The smallest absolute Gasteiger partial charge is 0.217 e. The second-order valence-electron chi connectivity index (χ2n) is 6.03. The lowest BCUT2D eigenvalue weighted by atomic mass is 10.3. The minimum atomic E-state index is 0.489. The van der Waals surface area contributed by atoms with Crippen molar-refractivity contribution in [3.63, 3.8) is 0 Å². The van der Waals surface area contributed by atoms with E-state index in [1.54, 1.807) is 6.20 Å². The van der Waals surface area contributed by atoms with Crippen molar-refractivity contribution in [1.29, 1.82) is 0 Å². The van der Waals surface area contributed by atoms with Gasteiger partial charge in [0.1, 0.15) is 18.2 Å². The second kappa shape index (κ2) is 9.71. The molecule has 6 nitrogen and oxygen atoms in total. The van der Waals surface area contributed by atoms with Crippen molar-refractivity contribution in [2.75, 3.05) is 48.8 Å². The summed E-state index contributed by atoms with van der Waals surface area (Å²) in [4.78, 5) is 13.0. The molecule has 2 N–H and O–H groups in total. The fraction of sp³-hybridized carbons (Fsp3) is 0.474. The quantitative estimate of drug-likeness (QED) is 0.714. The second-order valence-corrected chi connectivity index (χ2v) is 6.03. The molecule has 0 aliphatic carbocycles. The molecule has 2 heterocycles. The number of ether oxygens (including phenoxy) is 1. The SMILES string of the molecule is CCCN(CCC)c1cc(N)nc(OCCN(C)c2ccccn2)c1. The number of nitrogen functional groups attached to an aromatic ring is 1. The molecule has 0 amide bonds. The third kappa shape index (κ3) is 5.81. The molecule has 0 aliphatic rings. The molecule has 0 radical (unpaired) electrons. The molecule has 2 rings (SSSR count). The Labute approximate surface area is 150 Å². The van der Waals surface area contributed by atoms with Crippen molar-refractivity contribution in [3.05, 3.63) is 36.5 Å². The first-order chi connectivity index (χ1) is 12.1. The van der Waals surface area contributed by atoms with Crippen LogP contribution in [-0.2, 0) is 0 Å². The largest absolute Gasteiger partial charge is 0.476 e. The van der Waals surface area contributed by atoms with Crippen molar-refractivity contribution in [3.8, 4) is 5.88 Å². The van der Waals surface area contributed by atoms with Gasteiger partial charge in [-0.1, -0.05) is 19.9 Å². The molecule has 0 bridgehead atoms. The number of nitrogens with zero attached hydrogens (tertiary/aromatic N) is 4. The molecule has 0 fully saturated rings. The van der Waals surface area contributed by atoms with E-state index in [9.17, 15) is 0 Å². The first kappa shape index (κ1) is 18.8. The summed E-state index contributed by atoms with van der Waals surface area (Å²) in [5, 5.41) is 0. The van der Waals surface area contributed by atoms with Gasteiger partial charge < -0.3 is 20.3 Å². The lowest BCUT2D eigenvalue weighted by Crippen LogP contribution is -2.26. The minimum absolute atomic E-state index is 0.489. The Bertz CT molecular complexity index is 629. The molecule has 0 saturated carbocycles. The van der Waals surface area contributed by atoms with Crippen LogP contribution in [0.25, 0.3) is 0 Å². The number of hydrogen-bond donors (Lipinski definition) is 1. The predicted molar refractivity (Wildman–Crippen MR) is 104 cm³/mol. The van der Waals surface area contributed by atoms with Gasteiger partial charge in [0, 0.05) is 44.2 Å². The first-order valence-corrected chi connectivity index (χ1v) is 8.91. The zero-order valence-corrected chi connectivity index (χ0v) is 15.5. The molecule has 0 aliphatic heterocycles. The normalized spacial score (nSPS) is 10.5. The van der Waals surface area contributed by atoms with Crippen LogP contribution in [0.15, 0.2) is 36.5 Å². The van der Waals surface area contributed by atoms with Crippen molar-refractivity contribution >= 4 is 17.3 Å². The van der Waals surface area contributed by atoms with Crippen molar-refractivity contribution in [1.82, 2.24) is 9.97 Å². The molecule has 0 atom stereocenters. The van der Waals surface area contributed by atoms with E-state index >= 15 is 0 Å². The maximum absolute atomic E-state index is 5.97. The lowest BCUT2D eigenvalue weighted by Gasteiger charge is -2.24. The lowest BCUT2D eigenvalue weighted by molar-refractivity contribution is 0.314. The number of likely N-dealkylation sites (N-methyl/N-ethyl adjacent to an activating group) is 1. The van der Waals surface area contributed by atoms with Crippen LogP contribution in [0.5, 0.6) is 5.88 Å². The van der Waals surface area contributed by atoms with Gasteiger partial charge >= 0.3 is 0 Å². The number of hydrogen-bond acceptors (Lipinski definition) is 6. The fourth-order valence-corrected chi connectivity index (χ4v) is 2.66. The van der Waals surface area contributed by atoms with Crippen molar-refractivity contribution < 1.29 is 4.74 Å². The number of anilines is 3. The summed E-state index contributed by atoms with van der Waals surface area (Å²) < 4.78 is 5.84. The summed E-state index contributed by atoms with van der Waals surface area (Å²) >= 11 is 0. The molecule has 6 heteroatoms. The third-order valence-electron chi connectivity index (χ3n) is 3.88. The van der Waals surface area contributed by atoms with Crippen molar-refractivity contribution in [2.45, 2.75) is 26.7 Å². The highest BCUT2D eigenvalue weighted by molar-refractivity contribution is 5.55. The topological polar surface area (TPSA) is 67.5 Å². The van der Waals surface area contributed by atoms with Crippen LogP contribution < -0.4 is 20.3 Å². The molecule has 2 aromatic rings. The Kier molecular flexibility index (Phi) is 7.32. The number of rotatable bonds is 10. The van der Waals surface area contributed by atoms with Gasteiger partial charge in [-0.15, -0.1) is 0 Å². The van der Waals surface area contributed by atoms with Gasteiger partial charge in [0.15, 0.2) is 0 Å². The maximum atomic E-state index is 5.97. The van der Waals surface area contributed by atoms with Crippen LogP contribution in [0.3, 0.4) is 0 Å². The van der Waals surface area contributed by atoms with Crippen LogP contribution in [0.1, 0.15) is 26.7 Å². The molecule has 0 saturated heterocycles. The van der Waals surface area contributed by atoms with Crippen LogP contribution in [0.4, 0.5) is 17.3 Å². The average Bonchev–Trinajstić information content (AvgIpc) is 2.62. The van der Waals surface area contributed by atoms with Gasteiger partial charge in [-0.25, -0.2) is 4.98 Å². The van der Waals surface area contributed by atoms with Crippen LogP contribution in [0, 0.1) is 0 Å². The Morgan fingerprint density at radius 3 is 2.48 bits per heavy atom. The summed E-state index contributed by atoms with van der Waals surface area (Å²) in [6.07, 6.45) is 3.97. The van der Waals surface area contributed by atoms with Crippen molar-refractivity contribution in [2.24, 2.45) is 0 Å². The monoisotopic (exact) mass is 343 g/mol. The van der Waals surface area contributed by atoms with Gasteiger partial charge in [-0.3, -0.25) is 0 Å². The summed E-state index contributed by atoms with van der Waals surface area (Å²) in [7, 11) is 1.99. The van der Waals surface area contributed by atoms with Crippen LogP contribution in [-0.4, -0.2) is 43.3 Å². The number of pyridine rings is 2. The zero-order valence-electron chi connectivity index (χ0n) is 15.5. The number of aromatic nitrogens is 2. The van der Waals surface area contributed by atoms with E-state index in [0.717, 1.165) is 44.0 Å². The standard InChI is InChI=1S/C19H29N5O/c1-4-10-24(11-5-2)16-14-17(20)22-19(15-16)25-13-12-23(3)18-8-6-7-9-21-18/h6-9,14-15H,4-5,10-13H2,1-3H3,(H2,20,22). The van der Waals surface area contributed by atoms with Crippen LogP contribution >= 0.6 is 0 Å². The zero-order chi connectivity index (χ0) is 18.1. The maximum Gasteiger partial charge on any atom is 0.217 e. The highest BCUT2D eigenvalue weighted by Crippen LogP contribution is 2.23. The first-order valence-electron chi connectivity index (χ1n) is 8.91. The Morgan fingerprint density at radius 1 is 1.08 bits per heavy atom. The Balaban J connectivity index is 1.97. The minimum Gasteiger partial charge on any atom is -0.476 e. The Hall–Kier alpha value is -2.50. The molecule has 2 aromatic heterocycles. The Morgan fingerprint density at radius 2 is 1.84 bits per heavy atom. The summed E-state index contributed by atoms with van der Waals surface area (Å²) in [6.45, 7) is 7.59. The summed E-state index contributed by atoms with van der Waals surface area (Å²) in [6, 6.07) is 9.75. The molecular formula is C19H29N5O. The summed E-state index contributed by atoms with van der Waals surface area (Å²) in [5.41, 5.74) is 7.05. The van der Waals surface area contributed by atoms with Gasteiger partial charge in [-0.2, -0.15) is 4.98 Å². The van der Waals surface area contributed by atoms with E-state index in [4.69, 9.17) is 10.5 Å².